The quantitative estimate of drug-likeness (QED) is 0.336. The van der Waals surface area contributed by atoms with Gasteiger partial charge in [-0.1, -0.05) is 62.6 Å². The topological polar surface area (TPSA) is 84.5 Å². The number of benzene rings is 2. The highest BCUT2D eigenvalue weighted by atomic mass is 16.5. The van der Waals surface area contributed by atoms with E-state index in [0.29, 0.717) is 43.5 Å². The molecule has 172 valence electrons. The van der Waals surface area contributed by atoms with Crippen LogP contribution in [0, 0.1) is 0 Å². The Kier molecular flexibility index (Phi) is 11.6. The van der Waals surface area contributed by atoms with Gasteiger partial charge in [-0.05, 0) is 49.9 Å². The van der Waals surface area contributed by atoms with Crippen LogP contribution in [-0.4, -0.2) is 37.0 Å². The van der Waals surface area contributed by atoms with Crippen molar-refractivity contribution in [1.29, 1.82) is 0 Å². The monoisotopic (exact) mass is 438 g/mol. The molecule has 0 spiro atoms. The average molecular weight is 439 g/mol. The maximum absolute atomic E-state index is 12.6. The van der Waals surface area contributed by atoms with E-state index in [-0.39, 0.29) is 11.8 Å². The molecule has 0 heterocycles. The highest BCUT2D eigenvalue weighted by Crippen LogP contribution is 2.08. The largest absolute Gasteiger partial charge is 0.464 e. The van der Waals surface area contributed by atoms with Crippen LogP contribution < -0.4 is 10.6 Å². The summed E-state index contributed by atoms with van der Waals surface area (Å²) in [4.78, 5) is 37.2. The Morgan fingerprint density at radius 2 is 1.41 bits per heavy atom. The van der Waals surface area contributed by atoms with E-state index in [0.717, 1.165) is 25.7 Å². The Morgan fingerprint density at radius 1 is 0.781 bits per heavy atom. The molecule has 2 amide bonds. The van der Waals surface area contributed by atoms with Crippen LogP contribution in [0.3, 0.4) is 0 Å². The summed E-state index contributed by atoms with van der Waals surface area (Å²) in [5.74, 6) is -0.818. The normalized spacial score (nSPS) is 11.4. The number of hydrogen-bond acceptors (Lipinski definition) is 4. The van der Waals surface area contributed by atoms with Crippen molar-refractivity contribution >= 4 is 17.8 Å². The molecule has 0 unspecified atom stereocenters. The van der Waals surface area contributed by atoms with Crippen molar-refractivity contribution in [3.63, 3.8) is 0 Å². The molecule has 32 heavy (non-hydrogen) atoms. The average Bonchev–Trinajstić information content (AvgIpc) is 2.83. The van der Waals surface area contributed by atoms with Crippen LogP contribution in [0.1, 0.15) is 72.6 Å². The summed E-state index contributed by atoms with van der Waals surface area (Å²) in [6, 6.07) is 17.2. The lowest BCUT2D eigenvalue weighted by atomic mass is 10.1. The van der Waals surface area contributed by atoms with Crippen LogP contribution in [0.4, 0.5) is 0 Å². The Morgan fingerprint density at radius 3 is 2.03 bits per heavy atom. The molecule has 0 saturated heterocycles. The van der Waals surface area contributed by atoms with Gasteiger partial charge >= 0.3 is 5.97 Å². The van der Waals surface area contributed by atoms with Crippen LogP contribution in [0.5, 0.6) is 0 Å². The zero-order valence-corrected chi connectivity index (χ0v) is 18.8. The molecule has 6 nitrogen and oxygen atoms in total. The molecular formula is C26H34N2O4. The highest BCUT2D eigenvalue weighted by Gasteiger charge is 2.22. The summed E-state index contributed by atoms with van der Waals surface area (Å²) >= 11 is 0. The molecular weight excluding hydrogens is 404 g/mol. The van der Waals surface area contributed by atoms with Crippen molar-refractivity contribution in [1.82, 2.24) is 10.6 Å². The van der Waals surface area contributed by atoms with Crippen LogP contribution in [-0.2, 0) is 9.53 Å². The summed E-state index contributed by atoms with van der Waals surface area (Å²) in [7, 11) is 0. The number of rotatable bonds is 14. The second kappa shape index (κ2) is 14.8. The van der Waals surface area contributed by atoms with Gasteiger partial charge in [-0.15, -0.1) is 0 Å². The van der Waals surface area contributed by atoms with Gasteiger partial charge in [-0.2, -0.15) is 0 Å². The minimum atomic E-state index is -0.710. The van der Waals surface area contributed by atoms with Gasteiger partial charge in [0.2, 0.25) is 0 Å². The van der Waals surface area contributed by atoms with Gasteiger partial charge in [0.1, 0.15) is 6.04 Å². The van der Waals surface area contributed by atoms with Crippen LogP contribution in [0.25, 0.3) is 0 Å². The SMILES string of the molecule is CCCCCCOC(=O)[C@@H](CCCCNC(=O)c1ccccc1)NC(=O)c1ccccc1. The van der Waals surface area contributed by atoms with E-state index in [1.807, 2.05) is 24.3 Å². The molecule has 0 radical (unpaired) electrons. The molecule has 2 aromatic rings. The Bertz CT molecular complexity index is 824. The Balaban J connectivity index is 1.81. The molecule has 2 aromatic carbocycles. The van der Waals surface area contributed by atoms with Crippen LogP contribution in [0.15, 0.2) is 60.7 Å². The van der Waals surface area contributed by atoms with E-state index >= 15 is 0 Å². The smallest absolute Gasteiger partial charge is 0.328 e. The molecule has 0 fully saturated rings. The van der Waals surface area contributed by atoms with Crippen molar-refractivity contribution < 1.29 is 19.1 Å². The number of carbonyl (C=O) groups excluding carboxylic acids is 3. The highest BCUT2D eigenvalue weighted by molar-refractivity contribution is 5.96. The van der Waals surface area contributed by atoms with Gasteiger partial charge in [-0.25, -0.2) is 4.79 Å². The number of amides is 2. The molecule has 1 atom stereocenters. The molecule has 0 aliphatic heterocycles. The first-order valence-corrected chi connectivity index (χ1v) is 11.5. The van der Waals surface area contributed by atoms with E-state index < -0.39 is 12.0 Å². The Labute approximate surface area is 190 Å². The van der Waals surface area contributed by atoms with Crippen molar-refractivity contribution in [2.24, 2.45) is 0 Å². The number of nitrogens with one attached hydrogen (secondary N) is 2. The van der Waals surface area contributed by atoms with Gasteiger partial charge in [-0.3, -0.25) is 9.59 Å². The molecule has 0 aliphatic carbocycles. The molecule has 2 N–H and O–H groups in total. The zero-order valence-electron chi connectivity index (χ0n) is 18.8. The van der Waals surface area contributed by atoms with E-state index in [1.165, 1.54) is 0 Å². The second-order valence-corrected chi connectivity index (χ2v) is 7.74. The van der Waals surface area contributed by atoms with Gasteiger partial charge in [0.05, 0.1) is 6.61 Å². The predicted molar refractivity (Wildman–Crippen MR) is 125 cm³/mol. The van der Waals surface area contributed by atoms with E-state index in [9.17, 15) is 14.4 Å². The summed E-state index contributed by atoms with van der Waals surface area (Å²) in [6.07, 6.45) is 5.88. The molecule has 0 bridgehead atoms. The van der Waals surface area contributed by atoms with Crippen molar-refractivity contribution in [3.8, 4) is 0 Å². The lowest BCUT2D eigenvalue weighted by Gasteiger charge is -2.18. The fourth-order valence-electron chi connectivity index (χ4n) is 3.25. The lowest BCUT2D eigenvalue weighted by Crippen LogP contribution is -2.42. The van der Waals surface area contributed by atoms with Gasteiger partial charge in [0.15, 0.2) is 0 Å². The fourth-order valence-corrected chi connectivity index (χ4v) is 3.25. The fraction of sp³-hybridized carbons (Fsp3) is 0.423. The van der Waals surface area contributed by atoms with Crippen molar-refractivity contribution in [2.45, 2.75) is 57.9 Å². The number of unbranched alkanes of at least 4 members (excludes halogenated alkanes) is 4. The molecule has 0 saturated carbocycles. The first-order valence-electron chi connectivity index (χ1n) is 11.5. The summed E-state index contributed by atoms with van der Waals surface area (Å²) in [5, 5.41) is 5.69. The third-order valence-electron chi connectivity index (χ3n) is 5.11. The standard InChI is InChI=1S/C26H34N2O4/c1-2-3-4-13-20-32-26(31)23(28-25(30)22-16-9-6-10-17-22)18-11-12-19-27-24(29)21-14-7-5-8-15-21/h5-10,14-17,23H,2-4,11-13,18-20H2,1H3,(H,27,29)(H,28,30)/t23-/m1/s1. The maximum atomic E-state index is 12.6. The van der Waals surface area contributed by atoms with Crippen LogP contribution >= 0.6 is 0 Å². The van der Waals surface area contributed by atoms with E-state index in [2.05, 4.69) is 17.6 Å². The molecule has 6 heteroatoms. The molecule has 0 aliphatic rings. The third-order valence-corrected chi connectivity index (χ3v) is 5.11. The first kappa shape index (κ1) is 25.1. The summed E-state index contributed by atoms with van der Waals surface area (Å²) < 4.78 is 5.42. The maximum Gasteiger partial charge on any atom is 0.328 e. The second-order valence-electron chi connectivity index (χ2n) is 7.74. The number of hydrogen-bond donors (Lipinski definition) is 2. The lowest BCUT2D eigenvalue weighted by molar-refractivity contribution is -0.146. The number of carbonyl (C=O) groups is 3. The minimum absolute atomic E-state index is 0.119. The first-order chi connectivity index (χ1) is 15.6. The summed E-state index contributed by atoms with van der Waals surface area (Å²) in [6.45, 7) is 2.99. The van der Waals surface area contributed by atoms with Gasteiger partial charge in [0.25, 0.3) is 11.8 Å². The molecule has 2 rings (SSSR count). The predicted octanol–water partition coefficient (Wildman–Crippen LogP) is 4.51. The number of esters is 1. The number of ether oxygens (including phenoxy) is 1. The van der Waals surface area contributed by atoms with Crippen LogP contribution in [0.2, 0.25) is 0 Å². The third kappa shape index (κ3) is 9.33. The minimum Gasteiger partial charge on any atom is -0.464 e. The van der Waals surface area contributed by atoms with Gasteiger partial charge < -0.3 is 15.4 Å². The zero-order chi connectivity index (χ0) is 23.0. The Hall–Kier alpha value is -3.15. The summed E-state index contributed by atoms with van der Waals surface area (Å²) in [5.41, 5.74) is 1.12. The van der Waals surface area contributed by atoms with E-state index in [1.54, 1.807) is 36.4 Å². The van der Waals surface area contributed by atoms with Crippen molar-refractivity contribution in [3.05, 3.63) is 71.8 Å². The van der Waals surface area contributed by atoms with Crippen molar-refractivity contribution in [2.75, 3.05) is 13.2 Å². The van der Waals surface area contributed by atoms with E-state index in [4.69, 9.17) is 4.74 Å². The van der Waals surface area contributed by atoms with Gasteiger partial charge in [0, 0.05) is 17.7 Å². The molecule has 0 aromatic heterocycles.